The molecule has 4 aliphatic rings. The molecule has 0 spiro atoms. The molecule has 4 aliphatic heterocycles. The molecule has 7 nitrogen and oxygen atoms in total. The summed E-state index contributed by atoms with van der Waals surface area (Å²) in [6.07, 6.45) is 10.6. The minimum atomic E-state index is -0.237. The third kappa shape index (κ3) is 11.1. The van der Waals surface area contributed by atoms with Crippen molar-refractivity contribution in [2.24, 2.45) is 11.8 Å². The van der Waals surface area contributed by atoms with Gasteiger partial charge < -0.3 is 35.8 Å². The first kappa shape index (κ1) is 35.9. The van der Waals surface area contributed by atoms with Crippen LogP contribution in [0.1, 0.15) is 120 Å². The topological polar surface area (TPSA) is 89.0 Å². The Labute approximate surface area is 248 Å². The zero-order valence-electron chi connectivity index (χ0n) is 27.7. The normalized spacial score (nSPS) is 40.6. The van der Waals surface area contributed by atoms with Crippen molar-refractivity contribution in [1.29, 1.82) is 0 Å². The molecule has 238 valence electrons. The predicted molar refractivity (Wildman–Crippen MR) is 169 cm³/mol. The summed E-state index contributed by atoms with van der Waals surface area (Å²) in [5.74, 6) is 1.42. The van der Waals surface area contributed by atoms with Crippen LogP contribution in [0.3, 0.4) is 0 Å². The summed E-state index contributed by atoms with van der Waals surface area (Å²) in [7, 11) is 2.23. The molecule has 4 rings (SSSR count). The summed E-state index contributed by atoms with van der Waals surface area (Å²) in [6, 6.07) is 2.25. The van der Waals surface area contributed by atoms with Crippen molar-refractivity contribution in [2.45, 2.75) is 180 Å². The molecule has 0 aromatic heterocycles. The van der Waals surface area contributed by atoms with E-state index in [1.807, 2.05) is 27.7 Å². The first-order valence-corrected chi connectivity index (χ1v) is 17.2. The number of hydrogen-bond donors (Lipinski definition) is 5. The maximum Gasteiger partial charge on any atom is 0.0757 e. The summed E-state index contributed by atoms with van der Waals surface area (Å²) in [5, 5.41) is 32.7. The minimum absolute atomic E-state index is 0.178. The van der Waals surface area contributed by atoms with Crippen LogP contribution < -0.4 is 16.0 Å². The first-order chi connectivity index (χ1) is 19.2. The summed E-state index contributed by atoms with van der Waals surface area (Å²) >= 11 is 0. The van der Waals surface area contributed by atoms with Crippen LogP contribution in [-0.2, 0) is 4.74 Å². The quantitative estimate of drug-likeness (QED) is 0.261. The number of aliphatic hydroxyl groups excluding tert-OH is 2. The van der Waals surface area contributed by atoms with Crippen molar-refractivity contribution in [3.05, 3.63) is 0 Å². The third-order valence-corrected chi connectivity index (χ3v) is 9.57. The smallest absolute Gasteiger partial charge is 0.0757 e. The van der Waals surface area contributed by atoms with E-state index in [0.717, 1.165) is 64.0 Å². The molecule has 12 atom stereocenters. The Morgan fingerprint density at radius 2 is 1.25 bits per heavy atom. The third-order valence-electron chi connectivity index (χ3n) is 9.57. The molecule has 0 aliphatic carbocycles. The van der Waals surface area contributed by atoms with Crippen molar-refractivity contribution in [2.75, 3.05) is 20.1 Å². The molecule has 4 fully saturated rings. The second-order valence-electron chi connectivity index (χ2n) is 13.1. The number of nitrogens with zero attached hydrogens (tertiary/aromatic N) is 1. The highest BCUT2D eigenvalue weighted by Gasteiger charge is 2.41. The molecule has 4 saturated heterocycles. The lowest BCUT2D eigenvalue weighted by molar-refractivity contribution is -0.156. The van der Waals surface area contributed by atoms with E-state index in [0.29, 0.717) is 42.2 Å². The van der Waals surface area contributed by atoms with Crippen molar-refractivity contribution >= 4 is 0 Å². The van der Waals surface area contributed by atoms with Crippen LogP contribution in [0.25, 0.3) is 0 Å². The molecule has 0 aromatic rings. The van der Waals surface area contributed by atoms with Crippen LogP contribution in [0, 0.1) is 11.8 Å². The number of aliphatic hydroxyl groups is 2. The van der Waals surface area contributed by atoms with Crippen molar-refractivity contribution in [3.63, 3.8) is 0 Å². The standard InChI is InChI=1S/C29H56N4O3.2C2H6/c1-6-18(3)9-25-15-29(36-25)28-14-24(35)12-22(32-28)17-33(5)16-21-8-19(4)10-26(31-21)27-13-23(34)11-20(7-2)30-27;2*1-2/h18-32,34-35H,6-17H2,1-5H3;2*1-2H3. The van der Waals surface area contributed by atoms with Crippen LogP contribution in [-0.4, -0.2) is 95.9 Å². The van der Waals surface area contributed by atoms with E-state index in [9.17, 15) is 10.2 Å². The average molecular weight is 569 g/mol. The van der Waals surface area contributed by atoms with E-state index in [1.165, 1.54) is 19.3 Å². The Morgan fingerprint density at radius 1 is 0.750 bits per heavy atom. The average Bonchev–Trinajstić information content (AvgIpc) is 2.91. The van der Waals surface area contributed by atoms with Gasteiger partial charge in [-0.3, -0.25) is 0 Å². The van der Waals surface area contributed by atoms with E-state index in [1.54, 1.807) is 0 Å². The second kappa shape index (κ2) is 18.4. The number of nitrogens with one attached hydrogen (secondary N) is 3. The number of likely N-dealkylation sites (N-methyl/N-ethyl adjacent to an activating group) is 1. The molecule has 7 heteroatoms. The largest absolute Gasteiger partial charge is 0.393 e. The van der Waals surface area contributed by atoms with Crippen molar-refractivity contribution in [3.8, 4) is 0 Å². The van der Waals surface area contributed by atoms with E-state index in [-0.39, 0.29) is 24.4 Å². The van der Waals surface area contributed by atoms with Crippen molar-refractivity contribution < 1.29 is 14.9 Å². The Bertz CT molecular complexity index is 664. The predicted octanol–water partition coefficient (Wildman–Crippen LogP) is 4.69. The highest BCUT2D eigenvalue weighted by atomic mass is 16.5. The summed E-state index contributed by atoms with van der Waals surface area (Å²) in [6.45, 7) is 19.1. The zero-order valence-corrected chi connectivity index (χ0v) is 27.7. The maximum atomic E-state index is 10.6. The SMILES string of the molecule is CC.CC.CCC(C)CC1CC(C2CC(O)CC(CN(C)CC3CC(C)CC(C4CC(O)CC(CC)N4)N3)N2)O1. The van der Waals surface area contributed by atoms with E-state index in [2.05, 4.69) is 55.6 Å². The molecule has 40 heavy (non-hydrogen) atoms. The molecular weight excluding hydrogens is 500 g/mol. The van der Waals surface area contributed by atoms with Crippen LogP contribution in [0.4, 0.5) is 0 Å². The highest BCUT2D eigenvalue weighted by Crippen LogP contribution is 2.33. The fourth-order valence-corrected chi connectivity index (χ4v) is 7.47. The van der Waals surface area contributed by atoms with Gasteiger partial charge in [0.05, 0.1) is 24.4 Å². The van der Waals surface area contributed by atoms with Gasteiger partial charge in [-0.2, -0.15) is 0 Å². The van der Waals surface area contributed by atoms with E-state index >= 15 is 0 Å². The summed E-state index contributed by atoms with van der Waals surface area (Å²) in [4.78, 5) is 2.45. The van der Waals surface area contributed by atoms with Crippen LogP contribution in [0.5, 0.6) is 0 Å². The van der Waals surface area contributed by atoms with Gasteiger partial charge >= 0.3 is 0 Å². The lowest BCUT2D eigenvalue weighted by atomic mass is 9.81. The van der Waals surface area contributed by atoms with Crippen molar-refractivity contribution in [1.82, 2.24) is 20.9 Å². The first-order valence-electron chi connectivity index (χ1n) is 17.2. The fraction of sp³-hybridized carbons (Fsp3) is 1.00. The fourth-order valence-electron chi connectivity index (χ4n) is 7.47. The Morgan fingerprint density at radius 3 is 1.85 bits per heavy atom. The molecule has 0 amide bonds. The Kier molecular flexibility index (Phi) is 16.5. The van der Waals surface area contributed by atoms with E-state index < -0.39 is 0 Å². The molecule has 0 aromatic carbocycles. The van der Waals surface area contributed by atoms with Gasteiger partial charge in [-0.1, -0.05) is 61.8 Å². The monoisotopic (exact) mass is 569 g/mol. The molecule has 4 heterocycles. The Hall–Kier alpha value is -0.280. The van der Waals surface area contributed by atoms with Gasteiger partial charge in [-0.25, -0.2) is 0 Å². The van der Waals surface area contributed by atoms with Gasteiger partial charge in [0.25, 0.3) is 0 Å². The lowest BCUT2D eigenvalue weighted by Crippen LogP contribution is -2.62. The van der Waals surface area contributed by atoms with Gasteiger partial charge in [-0.15, -0.1) is 0 Å². The molecule has 0 radical (unpaired) electrons. The molecular formula is C33H68N4O3. The van der Waals surface area contributed by atoms with Crippen LogP contribution in [0.2, 0.25) is 0 Å². The molecule has 0 bridgehead atoms. The van der Waals surface area contributed by atoms with E-state index in [4.69, 9.17) is 4.74 Å². The molecule has 0 saturated carbocycles. The minimum Gasteiger partial charge on any atom is -0.393 e. The summed E-state index contributed by atoms with van der Waals surface area (Å²) in [5.41, 5.74) is 0. The van der Waals surface area contributed by atoms with Gasteiger partial charge in [0.2, 0.25) is 0 Å². The second-order valence-corrected chi connectivity index (χ2v) is 13.1. The molecule has 12 unspecified atom stereocenters. The number of ether oxygens (including phenoxy) is 1. The Balaban J connectivity index is 0.00000134. The van der Waals surface area contributed by atoms with Crippen LogP contribution in [0.15, 0.2) is 0 Å². The lowest BCUT2D eigenvalue weighted by Gasteiger charge is -2.47. The van der Waals surface area contributed by atoms with Gasteiger partial charge in [0.1, 0.15) is 0 Å². The van der Waals surface area contributed by atoms with Gasteiger partial charge in [-0.05, 0) is 70.3 Å². The number of rotatable bonds is 10. The van der Waals surface area contributed by atoms with Gasteiger partial charge in [0, 0.05) is 55.8 Å². The van der Waals surface area contributed by atoms with Gasteiger partial charge in [0.15, 0.2) is 0 Å². The highest BCUT2D eigenvalue weighted by molar-refractivity contribution is 4.98. The number of hydrogen-bond acceptors (Lipinski definition) is 7. The molecule has 5 N–H and O–H groups in total. The maximum absolute atomic E-state index is 10.6. The van der Waals surface area contributed by atoms with Crippen LogP contribution >= 0.6 is 0 Å². The number of piperidine rings is 3. The summed E-state index contributed by atoms with van der Waals surface area (Å²) < 4.78 is 6.26. The zero-order chi connectivity index (χ0) is 29.8.